The summed E-state index contributed by atoms with van der Waals surface area (Å²) in [6.45, 7) is 2.59. The molecule has 35 heavy (non-hydrogen) atoms. The number of primary amides is 1. The monoisotopic (exact) mass is 525 g/mol. The fourth-order valence-corrected chi connectivity index (χ4v) is 4.96. The number of ketones is 3. The number of rotatable bonds is 18. The zero-order valence-corrected chi connectivity index (χ0v) is 21.4. The van der Waals surface area contributed by atoms with E-state index in [2.05, 4.69) is 10.6 Å². The van der Waals surface area contributed by atoms with Crippen molar-refractivity contribution in [1.82, 2.24) is 5.32 Å². The van der Waals surface area contributed by atoms with Crippen LogP contribution in [0.15, 0.2) is 24.3 Å². The molecule has 10 nitrogen and oxygen atoms in total. The SMILES string of the molecule is CCC(=O)CCNC(=O)CCc1ccc(NC(=O)COCC(=O)C(SSCC(N)=O)C(C)=O)cc1. The summed E-state index contributed by atoms with van der Waals surface area (Å²) < 4.78 is 5.14. The first-order valence-corrected chi connectivity index (χ1v) is 13.3. The molecule has 12 heteroatoms. The standard InChI is InChI=1S/C23H31N3O7S2/c1-3-18(28)10-11-25-21(31)9-6-16-4-7-17(8-5-16)26-22(32)13-33-12-19(29)23(15(2)27)35-34-14-20(24)30/h4-5,7-8,23H,3,6,9-14H2,1-2H3,(H2,24,30)(H,25,31)(H,26,32). The first-order valence-electron chi connectivity index (χ1n) is 11.0. The van der Waals surface area contributed by atoms with Gasteiger partial charge < -0.3 is 21.1 Å². The van der Waals surface area contributed by atoms with E-state index in [1.807, 2.05) is 0 Å². The van der Waals surface area contributed by atoms with Crippen LogP contribution in [0.1, 0.15) is 38.7 Å². The molecule has 0 aliphatic heterocycles. The third kappa shape index (κ3) is 13.7. The topological polar surface area (TPSA) is 162 Å². The highest BCUT2D eigenvalue weighted by Crippen LogP contribution is 2.27. The highest BCUT2D eigenvalue weighted by molar-refractivity contribution is 8.77. The fraction of sp³-hybridized carbons (Fsp3) is 0.478. The second-order valence-corrected chi connectivity index (χ2v) is 9.98. The van der Waals surface area contributed by atoms with Crippen LogP contribution in [0.5, 0.6) is 0 Å². The van der Waals surface area contributed by atoms with Gasteiger partial charge in [-0.25, -0.2) is 0 Å². The first-order chi connectivity index (χ1) is 16.6. The Morgan fingerprint density at radius 3 is 2.29 bits per heavy atom. The molecule has 1 rings (SSSR count). The second-order valence-electron chi connectivity index (χ2n) is 7.51. The fourth-order valence-electron chi connectivity index (χ4n) is 2.64. The number of aryl methyl sites for hydroxylation is 1. The molecule has 0 bridgehead atoms. The lowest BCUT2D eigenvalue weighted by atomic mass is 10.1. The molecule has 0 saturated heterocycles. The van der Waals surface area contributed by atoms with Gasteiger partial charge in [0.15, 0.2) is 11.6 Å². The summed E-state index contributed by atoms with van der Waals surface area (Å²) in [5.74, 6) is -1.96. The van der Waals surface area contributed by atoms with E-state index in [9.17, 15) is 28.8 Å². The number of amides is 3. The molecular formula is C23H31N3O7S2. The Balaban J connectivity index is 2.35. The summed E-state index contributed by atoms with van der Waals surface area (Å²) in [5.41, 5.74) is 6.47. The number of hydrogen-bond acceptors (Lipinski definition) is 9. The van der Waals surface area contributed by atoms with Crippen molar-refractivity contribution < 1.29 is 33.5 Å². The van der Waals surface area contributed by atoms with Gasteiger partial charge >= 0.3 is 0 Å². The average Bonchev–Trinajstić information content (AvgIpc) is 2.80. The molecule has 1 aromatic rings. The molecule has 3 amide bonds. The number of carbonyl (C=O) groups excluding carboxylic acids is 6. The van der Waals surface area contributed by atoms with E-state index in [0.29, 0.717) is 31.5 Å². The van der Waals surface area contributed by atoms with Gasteiger partial charge in [0.2, 0.25) is 17.7 Å². The van der Waals surface area contributed by atoms with Crippen molar-refractivity contribution in [2.75, 3.05) is 30.8 Å². The van der Waals surface area contributed by atoms with Crippen LogP contribution in [-0.4, -0.2) is 65.8 Å². The third-order valence-electron chi connectivity index (χ3n) is 4.50. The minimum Gasteiger partial charge on any atom is -0.369 e. The van der Waals surface area contributed by atoms with Crippen molar-refractivity contribution in [3.8, 4) is 0 Å². The van der Waals surface area contributed by atoms with Crippen molar-refractivity contribution in [2.45, 2.75) is 44.8 Å². The highest BCUT2D eigenvalue weighted by Gasteiger charge is 2.24. The van der Waals surface area contributed by atoms with Crippen molar-refractivity contribution >= 4 is 62.3 Å². The number of hydrogen-bond donors (Lipinski definition) is 3. The maximum absolute atomic E-state index is 12.2. The van der Waals surface area contributed by atoms with Crippen LogP contribution >= 0.6 is 21.6 Å². The smallest absolute Gasteiger partial charge is 0.250 e. The Morgan fingerprint density at radius 2 is 1.69 bits per heavy atom. The van der Waals surface area contributed by atoms with Gasteiger partial charge in [-0.15, -0.1) is 0 Å². The minimum atomic E-state index is -1.00. The van der Waals surface area contributed by atoms with Gasteiger partial charge in [0.05, 0.1) is 5.75 Å². The van der Waals surface area contributed by atoms with E-state index in [1.165, 1.54) is 6.92 Å². The molecular weight excluding hydrogens is 494 g/mol. The molecule has 0 aromatic heterocycles. The first kappa shape index (κ1) is 30.3. The van der Waals surface area contributed by atoms with Gasteiger partial charge in [-0.2, -0.15) is 0 Å². The summed E-state index contributed by atoms with van der Waals surface area (Å²) in [6.07, 6.45) is 1.59. The number of anilines is 1. The maximum atomic E-state index is 12.2. The van der Waals surface area contributed by atoms with Crippen LogP contribution in [0.3, 0.4) is 0 Å². The van der Waals surface area contributed by atoms with Crippen LogP contribution in [0.4, 0.5) is 5.69 Å². The highest BCUT2D eigenvalue weighted by atomic mass is 33.1. The zero-order chi connectivity index (χ0) is 26.2. The normalized spacial score (nSPS) is 11.4. The van der Waals surface area contributed by atoms with Crippen molar-refractivity contribution in [3.63, 3.8) is 0 Å². The van der Waals surface area contributed by atoms with E-state index < -0.39 is 29.5 Å². The van der Waals surface area contributed by atoms with Crippen LogP contribution in [0.2, 0.25) is 0 Å². The molecule has 0 saturated carbocycles. The molecule has 0 aliphatic carbocycles. The summed E-state index contributed by atoms with van der Waals surface area (Å²) >= 11 is 0. The summed E-state index contributed by atoms with van der Waals surface area (Å²) in [5, 5.41) is 4.35. The lowest BCUT2D eigenvalue weighted by Gasteiger charge is -2.12. The van der Waals surface area contributed by atoms with Crippen LogP contribution < -0.4 is 16.4 Å². The van der Waals surface area contributed by atoms with E-state index in [0.717, 1.165) is 27.2 Å². The molecule has 0 aliphatic rings. The van der Waals surface area contributed by atoms with Crippen molar-refractivity contribution in [3.05, 3.63) is 29.8 Å². The zero-order valence-electron chi connectivity index (χ0n) is 19.8. The van der Waals surface area contributed by atoms with Gasteiger partial charge in [0.1, 0.15) is 24.2 Å². The van der Waals surface area contributed by atoms with Crippen LogP contribution in [-0.2, 0) is 39.9 Å². The number of ether oxygens (including phenoxy) is 1. The molecule has 1 unspecified atom stereocenters. The Hall–Kier alpha value is -2.70. The van der Waals surface area contributed by atoms with Gasteiger partial charge in [-0.3, -0.25) is 28.8 Å². The molecule has 1 atom stereocenters. The molecule has 0 radical (unpaired) electrons. The Labute approximate surface area is 212 Å². The Kier molecular flexibility index (Phi) is 14.6. The lowest BCUT2D eigenvalue weighted by Crippen LogP contribution is -2.30. The van der Waals surface area contributed by atoms with E-state index >= 15 is 0 Å². The van der Waals surface area contributed by atoms with Gasteiger partial charge in [-0.05, 0) is 31.0 Å². The van der Waals surface area contributed by atoms with Gasteiger partial charge in [0, 0.05) is 31.5 Å². The summed E-state index contributed by atoms with van der Waals surface area (Å²) in [7, 11) is 1.95. The molecule has 1 aromatic carbocycles. The molecule has 192 valence electrons. The average molecular weight is 526 g/mol. The van der Waals surface area contributed by atoms with Crippen LogP contribution in [0.25, 0.3) is 0 Å². The molecule has 0 fully saturated rings. The Morgan fingerprint density at radius 1 is 1.00 bits per heavy atom. The second kappa shape index (κ2) is 16.8. The van der Waals surface area contributed by atoms with E-state index in [4.69, 9.17) is 10.5 Å². The van der Waals surface area contributed by atoms with Gasteiger partial charge in [0.25, 0.3) is 0 Å². The third-order valence-corrected chi connectivity index (χ3v) is 7.17. The minimum absolute atomic E-state index is 0.0296. The number of nitrogens with two attached hydrogens (primary N) is 1. The van der Waals surface area contributed by atoms with E-state index in [-0.39, 0.29) is 36.3 Å². The number of carbonyl (C=O) groups is 6. The number of nitrogens with one attached hydrogen (secondary N) is 2. The Bertz CT molecular complexity index is 907. The molecule has 4 N–H and O–H groups in total. The predicted molar refractivity (Wildman–Crippen MR) is 136 cm³/mol. The predicted octanol–water partition coefficient (Wildman–Crippen LogP) is 1.45. The van der Waals surface area contributed by atoms with Gasteiger partial charge in [-0.1, -0.05) is 40.6 Å². The lowest BCUT2D eigenvalue weighted by molar-refractivity contribution is -0.130. The maximum Gasteiger partial charge on any atom is 0.250 e. The van der Waals surface area contributed by atoms with Crippen molar-refractivity contribution in [1.29, 1.82) is 0 Å². The summed E-state index contributed by atoms with van der Waals surface area (Å²) in [4.78, 5) is 69.8. The van der Waals surface area contributed by atoms with Crippen LogP contribution in [0, 0.1) is 0 Å². The summed E-state index contributed by atoms with van der Waals surface area (Å²) in [6, 6.07) is 6.95. The molecule has 0 spiro atoms. The largest absolute Gasteiger partial charge is 0.369 e. The number of Topliss-reactive ketones (excluding diaryl/α,β-unsaturated/α-hetero) is 3. The quantitative estimate of drug-likeness (QED) is 0.190. The molecule has 0 heterocycles. The van der Waals surface area contributed by atoms with Crippen molar-refractivity contribution in [2.24, 2.45) is 5.73 Å². The van der Waals surface area contributed by atoms with E-state index in [1.54, 1.807) is 31.2 Å². The number of benzene rings is 1.